The number of ether oxygens (including phenoxy) is 2. The summed E-state index contributed by atoms with van der Waals surface area (Å²) >= 11 is 0. The molecule has 2 amide bonds. The summed E-state index contributed by atoms with van der Waals surface area (Å²) < 4.78 is 11.9. The van der Waals surface area contributed by atoms with Gasteiger partial charge in [-0.3, -0.25) is 14.5 Å². The Morgan fingerprint density at radius 2 is 1.83 bits per heavy atom. The number of benzene rings is 2. The number of hydrogen-bond donors (Lipinski definition) is 1. The molecule has 3 aromatic rings. The molecule has 0 atom stereocenters. The third kappa shape index (κ3) is 3.72. The lowest BCUT2D eigenvalue weighted by Gasteiger charge is -2.28. The summed E-state index contributed by atoms with van der Waals surface area (Å²) in [5.74, 6) is -1.42. The molecule has 0 radical (unpaired) electrons. The minimum atomic E-state index is -0.801. The second-order valence-electron chi connectivity index (χ2n) is 6.45. The highest BCUT2D eigenvalue weighted by Crippen LogP contribution is 2.29. The Kier molecular flexibility index (Phi) is 5.17. The minimum Gasteiger partial charge on any atom is -0.493 e. The molecule has 0 bridgehead atoms. The number of esters is 1. The van der Waals surface area contributed by atoms with Crippen molar-refractivity contribution in [1.29, 1.82) is 0 Å². The second-order valence-corrected chi connectivity index (χ2v) is 6.45. The number of hydrogen-bond acceptors (Lipinski definition) is 6. The molecule has 1 aromatic heterocycles. The number of anilines is 2. The molecule has 1 aliphatic rings. The standard InChI is InChI=1S/C21H18N4O5/c1-29-17-11-25(14-7-3-2-4-8-14)23-20(17)21(28)30-13-19(27)24-12-18(26)22-15-9-5-6-10-16(15)24/h2-11H,12-13H2,1H3,(H,22,26). The summed E-state index contributed by atoms with van der Waals surface area (Å²) in [5, 5.41) is 6.92. The first-order valence-electron chi connectivity index (χ1n) is 9.12. The number of nitrogens with zero attached hydrogens (tertiary/aromatic N) is 3. The number of methoxy groups -OCH3 is 1. The molecule has 1 N–H and O–H groups in total. The van der Waals surface area contributed by atoms with E-state index >= 15 is 0 Å². The van der Waals surface area contributed by atoms with Crippen molar-refractivity contribution in [3.63, 3.8) is 0 Å². The lowest BCUT2D eigenvalue weighted by molar-refractivity contribution is -0.124. The third-order valence-corrected chi connectivity index (χ3v) is 4.51. The van der Waals surface area contributed by atoms with Crippen LogP contribution in [-0.4, -0.2) is 47.8 Å². The van der Waals surface area contributed by atoms with E-state index in [0.29, 0.717) is 11.4 Å². The van der Waals surface area contributed by atoms with E-state index in [1.807, 2.05) is 30.3 Å². The highest BCUT2D eigenvalue weighted by atomic mass is 16.5. The molecule has 152 valence electrons. The topological polar surface area (TPSA) is 103 Å². The van der Waals surface area contributed by atoms with E-state index in [0.717, 1.165) is 5.69 Å². The van der Waals surface area contributed by atoms with Crippen LogP contribution in [0.15, 0.2) is 60.8 Å². The van der Waals surface area contributed by atoms with Crippen molar-refractivity contribution in [2.24, 2.45) is 0 Å². The van der Waals surface area contributed by atoms with Gasteiger partial charge in [-0.15, -0.1) is 0 Å². The Hall–Kier alpha value is -4.14. The first kappa shape index (κ1) is 19.2. The summed E-state index contributed by atoms with van der Waals surface area (Å²) in [6, 6.07) is 16.1. The number of nitrogens with one attached hydrogen (secondary N) is 1. The summed E-state index contributed by atoms with van der Waals surface area (Å²) in [6.07, 6.45) is 1.55. The van der Waals surface area contributed by atoms with Crippen molar-refractivity contribution in [1.82, 2.24) is 9.78 Å². The van der Waals surface area contributed by atoms with Gasteiger partial charge in [-0.05, 0) is 24.3 Å². The number of para-hydroxylation sites is 3. The van der Waals surface area contributed by atoms with E-state index < -0.39 is 18.5 Å². The van der Waals surface area contributed by atoms with Gasteiger partial charge in [-0.2, -0.15) is 5.10 Å². The van der Waals surface area contributed by atoms with Crippen LogP contribution in [0.3, 0.4) is 0 Å². The van der Waals surface area contributed by atoms with Crippen LogP contribution in [0, 0.1) is 0 Å². The molecule has 0 saturated heterocycles. The average Bonchev–Trinajstić information content (AvgIpc) is 3.22. The van der Waals surface area contributed by atoms with Crippen molar-refractivity contribution >= 4 is 29.2 Å². The second kappa shape index (κ2) is 8.08. The molecule has 1 aliphatic heterocycles. The van der Waals surface area contributed by atoms with Crippen LogP contribution in [0.1, 0.15) is 10.5 Å². The molecule has 9 nitrogen and oxygen atoms in total. The van der Waals surface area contributed by atoms with E-state index in [1.54, 1.807) is 30.5 Å². The Morgan fingerprint density at radius 1 is 1.10 bits per heavy atom. The minimum absolute atomic E-state index is 0.0501. The SMILES string of the molecule is COc1cn(-c2ccccc2)nc1C(=O)OCC(=O)N1CC(=O)Nc2ccccc21. The van der Waals surface area contributed by atoms with Crippen molar-refractivity contribution in [2.75, 3.05) is 30.5 Å². The molecular formula is C21H18N4O5. The molecule has 30 heavy (non-hydrogen) atoms. The first-order chi connectivity index (χ1) is 14.6. The van der Waals surface area contributed by atoms with Crippen LogP contribution in [0.5, 0.6) is 5.75 Å². The lowest BCUT2D eigenvalue weighted by Crippen LogP contribution is -2.44. The van der Waals surface area contributed by atoms with E-state index in [1.165, 1.54) is 16.7 Å². The maximum atomic E-state index is 12.6. The maximum absolute atomic E-state index is 12.6. The molecular weight excluding hydrogens is 388 g/mol. The zero-order chi connectivity index (χ0) is 21.1. The van der Waals surface area contributed by atoms with E-state index in [9.17, 15) is 14.4 Å². The van der Waals surface area contributed by atoms with Crippen molar-refractivity contribution in [3.05, 3.63) is 66.5 Å². The van der Waals surface area contributed by atoms with Gasteiger partial charge in [0.15, 0.2) is 12.4 Å². The largest absolute Gasteiger partial charge is 0.493 e. The smallest absolute Gasteiger partial charge is 0.363 e. The van der Waals surface area contributed by atoms with Crippen molar-refractivity contribution in [2.45, 2.75) is 0 Å². The Labute approximate surface area is 171 Å². The summed E-state index contributed by atoms with van der Waals surface area (Å²) in [5.41, 5.74) is 1.76. The number of fused-ring (bicyclic) bond motifs is 1. The van der Waals surface area contributed by atoms with Crippen molar-refractivity contribution < 1.29 is 23.9 Å². The number of rotatable bonds is 5. The van der Waals surface area contributed by atoms with Gasteiger partial charge in [-0.25, -0.2) is 9.48 Å². The highest BCUT2D eigenvalue weighted by Gasteiger charge is 2.28. The van der Waals surface area contributed by atoms with Crippen LogP contribution >= 0.6 is 0 Å². The fourth-order valence-corrected chi connectivity index (χ4v) is 3.09. The Morgan fingerprint density at radius 3 is 2.60 bits per heavy atom. The number of amides is 2. The molecule has 2 heterocycles. The van der Waals surface area contributed by atoms with Gasteiger partial charge in [0.1, 0.15) is 6.54 Å². The van der Waals surface area contributed by atoms with Gasteiger partial charge in [-0.1, -0.05) is 30.3 Å². The zero-order valence-corrected chi connectivity index (χ0v) is 16.1. The molecule has 0 spiro atoms. The molecule has 0 saturated carbocycles. The summed E-state index contributed by atoms with van der Waals surface area (Å²) in [4.78, 5) is 38.3. The van der Waals surface area contributed by atoms with Gasteiger partial charge < -0.3 is 14.8 Å². The summed E-state index contributed by atoms with van der Waals surface area (Å²) in [7, 11) is 1.41. The average molecular weight is 406 g/mol. The van der Waals surface area contributed by atoms with Gasteiger partial charge in [0.25, 0.3) is 5.91 Å². The number of aromatic nitrogens is 2. The van der Waals surface area contributed by atoms with E-state index in [4.69, 9.17) is 9.47 Å². The quantitative estimate of drug-likeness (QED) is 0.651. The Balaban J connectivity index is 1.48. The third-order valence-electron chi connectivity index (χ3n) is 4.51. The Bertz CT molecular complexity index is 1110. The number of carbonyl (C=O) groups is 3. The molecule has 2 aromatic carbocycles. The molecule has 0 aliphatic carbocycles. The predicted molar refractivity (Wildman–Crippen MR) is 108 cm³/mol. The van der Waals surface area contributed by atoms with Gasteiger partial charge >= 0.3 is 5.97 Å². The molecule has 9 heteroatoms. The lowest BCUT2D eigenvalue weighted by atomic mass is 10.2. The van der Waals surface area contributed by atoms with Crippen LogP contribution in [0.2, 0.25) is 0 Å². The van der Waals surface area contributed by atoms with Crippen molar-refractivity contribution in [3.8, 4) is 11.4 Å². The van der Waals surface area contributed by atoms with Crippen LogP contribution < -0.4 is 15.0 Å². The first-order valence-corrected chi connectivity index (χ1v) is 9.12. The fourth-order valence-electron chi connectivity index (χ4n) is 3.09. The van der Waals surface area contributed by atoms with Crippen LogP contribution in [-0.2, 0) is 14.3 Å². The molecule has 0 fully saturated rings. The highest BCUT2D eigenvalue weighted by molar-refractivity contribution is 6.10. The predicted octanol–water partition coefficient (Wildman–Crippen LogP) is 2.02. The van der Waals surface area contributed by atoms with Gasteiger partial charge in [0.05, 0.1) is 30.4 Å². The number of carbonyl (C=O) groups excluding carboxylic acids is 3. The summed E-state index contributed by atoms with van der Waals surface area (Å²) in [6.45, 7) is -0.693. The van der Waals surface area contributed by atoms with Crippen LogP contribution in [0.25, 0.3) is 5.69 Å². The van der Waals surface area contributed by atoms with E-state index in [-0.39, 0.29) is 23.9 Å². The normalized spacial score (nSPS) is 12.7. The van der Waals surface area contributed by atoms with Crippen LogP contribution in [0.4, 0.5) is 11.4 Å². The van der Waals surface area contributed by atoms with Gasteiger partial charge in [0.2, 0.25) is 11.6 Å². The maximum Gasteiger partial charge on any atom is 0.363 e. The monoisotopic (exact) mass is 406 g/mol. The van der Waals surface area contributed by atoms with Gasteiger partial charge in [0, 0.05) is 0 Å². The zero-order valence-electron chi connectivity index (χ0n) is 16.1. The van der Waals surface area contributed by atoms with E-state index in [2.05, 4.69) is 10.4 Å². The fraction of sp³-hybridized carbons (Fsp3) is 0.143. The molecule has 4 rings (SSSR count). The molecule has 0 unspecified atom stereocenters.